The Hall–Kier alpha value is -7.48. The van der Waals surface area contributed by atoms with Crippen molar-refractivity contribution in [3.63, 3.8) is 0 Å². The van der Waals surface area contributed by atoms with Crippen LogP contribution in [0, 0.1) is 0 Å². The van der Waals surface area contributed by atoms with Crippen LogP contribution in [0.15, 0.2) is 237 Å². The summed E-state index contributed by atoms with van der Waals surface area (Å²) in [5.41, 5.74) is 15.2. The summed E-state index contributed by atoms with van der Waals surface area (Å²) >= 11 is 0. The monoisotopic (exact) mass is 725 g/mol. The van der Waals surface area contributed by atoms with E-state index in [4.69, 9.17) is 0 Å². The van der Waals surface area contributed by atoms with Crippen molar-refractivity contribution in [2.45, 2.75) is 0 Å². The number of hydrogen-bond acceptors (Lipinski definition) is 1. The number of nitrogens with zero attached hydrogens (tertiary/aromatic N) is 1. The second-order valence-electron chi connectivity index (χ2n) is 14.5. The quantitative estimate of drug-likeness (QED) is 0.151. The fraction of sp³-hybridized carbons (Fsp3) is 0. The molecule has 10 aromatic rings. The smallest absolute Gasteiger partial charge is 0.0540 e. The minimum absolute atomic E-state index is 1.10. The Labute approximate surface area is 334 Å². The summed E-state index contributed by atoms with van der Waals surface area (Å²) in [4.78, 5) is 2.45. The van der Waals surface area contributed by atoms with Gasteiger partial charge in [0.05, 0.1) is 11.4 Å². The molecule has 0 aliphatic carbocycles. The highest BCUT2D eigenvalue weighted by atomic mass is 15.1. The second kappa shape index (κ2) is 15.0. The number of rotatable bonds is 8. The standard InChI is InChI=1S/C56H39N/c1-3-17-40(18-4-1)47-35-36-52(54(39-47)43-20-5-2-6-21-43)50-28-11-12-29-51(50)53-30-13-14-31-56(53)57(55-32-16-24-42-22-9-10-27-49(42)55)48-26-15-25-45(38-48)46-34-33-41-19-7-8-23-44(41)37-46/h1-39H. The zero-order valence-corrected chi connectivity index (χ0v) is 31.5. The van der Waals surface area contributed by atoms with Gasteiger partial charge in [0, 0.05) is 16.6 Å². The van der Waals surface area contributed by atoms with Gasteiger partial charge < -0.3 is 4.90 Å². The van der Waals surface area contributed by atoms with E-state index in [1.54, 1.807) is 0 Å². The van der Waals surface area contributed by atoms with Gasteiger partial charge in [0.15, 0.2) is 0 Å². The van der Waals surface area contributed by atoms with Gasteiger partial charge in [0.1, 0.15) is 0 Å². The fourth-order valence-electron chi connectivity index (χ4n) is 8.30. The maximum atomic E-state index is 2.45. The molecule has 0 N–H and O–H groups in total. The summed E-state index contributed by atoms with van der Waals surface area (Å²) in [6.45, 7) is 0. The van der Waals surface area contributed by atoms with E-state index < -0.39 is 0 Å². The average Bonchev–Trinajstić information content (AvgIpc) is 3.30. The van der Waals surface area contributed by atoms with E-state index in [9.17, 15) is 0 Å². The molecule has 0 spiro atoms. The molecule has 0 saturated heterocycles. The van der Waals surface area contributed by atoms with Gasteiger partial charge in [-0.2, -0.15) is 0 Å². The van der Waals surface area contributed by atoms with Crippen molar-refractivity contribution in [1.29, 1.82) is 0 Å². The molecule has 10 rings (SSSR count). The molecule has 0 unspecified atom stereocenters. The third-order valence-electron chi connectivity index (χ3n) is 11.1. The van der Waals surface area contributed by atoms with Crippen molar-refractivity contribution in [1.82, 2.24) is 0 Å². The van der Waals surface area contributed by atoms with Crippen LogP contribution in [-0.4, -0.2) is 0 Å². The summed E-state index contributed by atoms with van der Waals surface area (Å²) in [5, 5.41) is 4.88. The van der Waals surface area contributed by atoms with E-state index >= 15 is 0 Å². The normalized spacial score (nSPS) is 11.2. The van der Waals surface area contributed by atoms with Gasteiger partial charge in [0.2, 0.25) is 0 Å². The Morgan fingerprint density at radius 3 is 1.54 bits per heavy atom. The van der Waals surface area contributed by atoms with Crippen LogP contribution in [-0.2, 0) is 0 Å². The Bertz CT molecular complexity index is 3010. The third kappa shape index (κ3) is 6.56. The van der Waals surface area contributed by atoms with E-state index in [0.717, 1.165) is 22.6 Å². The number of para-hydroxylation sites is 1. The first-order valence-corrected chi connectivity index (χ1v) is 19.6. The largest absolute Gasteiger partial charge is 0.309 e. The van der Waals surface area contributed by atoms with Gasteiger partial charge in [-0.25, -0.2) is 0 Å². The lowest BCUT2D eigenvalue weighted by Crippen LogP contribution is -2.12. The Balaban J connectivity index is 1.18. The van der Waals surface area contributed by atoms with Crippen molar-refractivity contribution >= 4 is 38.6 Å². The summed E-state index contributed by atoms with van der Waals surface area (Å²) < 4.78 is 0. The fourth-order valence-corrected chi connectivity index (χ4v) is 8.30. The highest BCUT2D eigenvalue weighted by Crippen LogP contribution is 2.47. The van der Waals surface area contributed by atoms with Gasteiger partial charge in [-0.05, 0) is 103 Å². The first kappa shape index (κ1) is 34.0. The zero-order chi connectivity index (χ0) is 38.0. The van der Waals surface area contributed by atoms with E-state index in [1.165, 1.54) is 71.6 Å². The molecule has 0 atom stereocenters. The highest BCUT2D eigenvalue weighted by molar-refractivity contribution is 6.03. The Morgan fingerprint density at radius 2 is 0.737 bits per heavy atom. The van der Waals surface area contributed by atoms with Crippen LogP contribution in [0.1, 0.15) is 0 Å². The summed E-state index contributed by atoms with van der Waals surface area (Å²) in [6.07, 6.45) is 0. The molecular weight excluding hydrogens is 687 g/mol. The van der Waals surface area contributed by atoms with Crippen molar-refractivity contribution in [3.8, 4) is 55.6 Å². The second-order valence-corrected chi connectivity index (χ2v) is 14.5. The third-order valence-corrected chi connectivity index (χ3v) is 11.1. The van der Waals surface area contributed by atoms with Crippen molar-refractivity contribution in [2.24, 2.45) is 0 Å². The summed E-state index contributed by atoms with van der Waals surface area (Å²) in [5.74, 6) is 0. The first-order chi connectivity index (χ1) is 28.3. The lowest BCUT2D eigenvalue weighted by atomic mass is 9.87. The molecule has 10 aromatic carbocycles. The molecule has 0 bridgehead atoms. The van der Waals surface area contributed by atoms with Crippen LogP contribution in [0.3, 0.4) is 0 Å². The lowest BCUT2D eigenvalue weighted by molar-refractivity contribution is 1.30. The number of fused-ring (bicyclic) bond motifs is 2. The first-order valence-electron chi connectivity index (χ1n) is 19.6. The van der Waals surface area contributed by atoms with Gasteiger partial charge >= 0.3 is 0 Å². The van der Waals surface area contributed by atoms with Crippen LogP contribution in [0.2, 0.25) is 0 Å². The maximum Gasteiger partial charge on any atom is 0.0540 e. The van der Waals surface area contributed by atoms with Gasteiger partial charge in [-0.3, -0.25) is 0 Å². The SMILES string of the molecule is c1ccc(-c2ccc(-c3ccccc3-c3ccccc3N(c3cccc(-c4ccc5ccccc5c4)c3)c3cccc4ccccc34)c(-c3ccccc3)c2)cc1. The predicted molar refractivity (Wildman–Crippen MR) is 243 cm³/mol. The maximum absolute atomic E-state index is 2.45. The molecule has 268 valence electrons. The predicted octanol–water partition coefficient (Wildman–Crippen LogP) is 15.8. The van der Waals surface area contributed by atoms with E-state index in [2.05, 4.69) is 241 Å². The van der Waals surface area contributed by atoms with Crippen molar-refractivity contribution < 1.29 is 0 Å². The molecule has 0 fully saturated rings. The van der Waals surface area contributed by atoms with Crippen LogP contribution in [0.4, 0.5) is 17.1 Å². The molecular formula is C56H39N. The summed E-state index contributed by atoms with van der Waals surface area (Å²) in [6, 6.07) is 85.8. The molecule has 1 nitrogen and oxygen atoms in total. The molecule has 0 radical (unpaired) electrons. The van der Waals surface area contributed by atoms with E-state index in [0.29, 0.717) is 0 Å². The highest BCUT2D eigenvalue weighted by Gasteiger charge is 2.22. The van der Waals surface area contributed by atoms with Gasteiger partial charge in [-0.15, -0.1) is 0 Å². The van der Waals surface area contributed by atoms with Crippen LogP contribution in [0.25, 0.3) is 77.2 Å². The summed E-state index contributed by atoms with van der Waals surface area (Å²) in [7, 11) is 0. The van der Waals surface area contributed by atoms with Crippen LogP contribution in [0.5, 0.6) is 0 Å². The molecule has 0 amide bonds. The molecule has 0 saturated carbocycles. The molecule has 0 aliphatic heterocycles. The van der Waals surface area contributed by atoms with Gasteiger partial charge in [-0.1, -0.05) is 200 Å². The molecule has 57 heavy (non-hydrogen) atoms. The van der Waals surface area contributed by atoms with E-state index in [-0.39, 0.29) is 0 Å². The molecule has 0 aliphatic rings. The Morgan fingerprint density at radius 1 is 0.228 bits per heavy atom. The van der Waals surface area contributed by atoms with Crippen molar-refractivity contribution in [3.05, 3.63) is 237 Å². The topological polar surface area (TPSA) is 3.24 Å². The number of anilines is 3. The lowest BCUT2D eigenvalue weighted by Gasteiger charge is -2.30. The number of benzene rings is 10. The molecule has 0 heterocycles. The van der Waals surface area contributed by atoms with Crippen LogP contribution < -0.4 is 4.90 Å². The molecule has 1 heteroatoms. The van der Waals surface area contributed by atoms with Crippen molar-refractivity contribution in [2.75, 3.05) is 4.90 Å². The minimum Gasteiger partial charge on any atom is -0.309 e. The Kier molecular flexibility index (Phi) is 8.95. The minimum atomic E-state index is 1.10. The zero-order valence-electron chi connectivity index (χ0n) is 31.5. The van der Waals surface area contributed by atoms with E-state index in [1.807, 2.05) is 0 Å². The average molecular weight is 726 g/mol. The van der Waals surface area contributed by atoms with Gasteiger partial charge in [0.25, 0.3) is 0 Å². The van der Waals surface area contributed by atoms with Crippen LogP contribution >= 0.6 is 0 Å². The number of hydrogen-bond donors (Lipinski definition) is 0. The molecule has 0 aromatic heterocycles.